The summed E-state index contributed by atoms with van der Waals surface area (Å²) in [5.74, 6) is -0.126. The molecule has 0 saturated carbocycles. The maximum atomic E-state index is 12.5. The second-order valence-corrected chi connectivity index (χ2v) is 4.77. The number of hydrogen-bond donors (Lipinski definition) is 2. The molecule has 0 radical (unpaired) electrons. The zero-order valence-corrected chi connectivity index (χ0v) is 11.5. The second kappa shape index (κ2) is 6.27. The lowest BCUT2D eigenvalue weighted by atomic mass is 10.1. The average Bonchev–Trinajstić information content (AvgIpc) is 2.97. The molecule has 1 aromatic carbocycles. The van der Waals surface area contributed by atoms with Gasteiger partial charge in [-0.05, 0) is 30.5 Å². The lowest BCUT2D eigenvalue weighted by Crippen LogP contribution is -2.41. The highest BCUT2D eigenvalue weighted by molar-refractivity contribution is 5.87. The molecule has 1 aromatic rings. The largest absolute Gasteiger partial charge is 0.453 e. The van der Waals surface area contributed by atoms with Gasteiger partial charge in [-0.15, -0.1) is 0 Å². The summed E-state index contributed by atoms with van der Waals surface area (Å²) in [6.45, 7) is 1.45. The number of rotatable bonds is 3. The second-order valence-electron chi connectivity index (χ2n) is 4.77. The number of nitrogens with one attached hydrogen (secondary N) is 1. The van der Waals surface area contributed by atoms with Crippen molar-refractivity contribution in [3.63, 3.8) is 0 Å². The third-order valence-corrected chi connectivity index (χ3v) is 3.36. The number of nitrogens with two attached hydrogens (primary N) is 1. The van der Waals surface area contributed by atoms with Gasteiger partial charge in [0.15, 0.2) is 0 Å². The Labute approximate surface area is 117 Å². The highest BCUT2D eigenvalue weighted by atomic mass is 16.5. The van der Waals surface area contributed by atoms with Crippen LogP contribution in [0.4, 0.5) is 10.5 Å². The van der Waals surface area contributed by atoms with E-state index in [1.54, 1.807) is 29.2 Å². The molecule has 1 atom stereocenters. The lowest BCUT2D eigenvalue weighted by molar-refractivity contribution is -0.132. The van der Waals surface area contributed by atoms with Crippen molar-refractivity contribution in [2.45, 2.75) is 18.9 Å². The van der Waals surface area contributed by atoms with Gasteiger partial charge in [0, 0.05) is 18.8 Å². The molecule has 1 aliphatic rings. The van der Waals surface area contributed by atoms with Crippen LogP contribution in [0.3, 0.4) is 0 Å². The summed E-state index contributed by atoms with van der Waals surface area (Å²) < 4.78 is 4.59. The Bertz CT molecular complexity index is 498. The zero-order valence-electron chi connectivity index (χ0n) is 11.5. The molecule has 0 aliphatic carbocycles. The minimum Gasteiger partial charge on any atom is -0.453 e. The predicted molar refractivity (Wildman–Crippen MR) is 75.0 cm³/mol. The van der Waals surface area contributed by atoms with Gasteiger partial charge in [-0.3, -0.25) is 4.79 Å². The van der Waals surface area contributed by atoms with Gasteiger partial charge in [0.1, 0.15) is 6.04 Å². The molecule has 2 amide bonds. The summed E-state index contributed by atoms with van der Waals surface area (Å²) >= 11 is 0. The Balaban J connectivity index is 2.23. The van der Waals surface area contributed by atoms with Crippen molar-refractivity contribution in [1.82, 2.24) is 10.2 Å². The van der Waals surface area contributed by atoms with Crippen LogP contribution in [-0.4, -0.2) is 37.1 Å². The minimum atomic E-state index is -0.760. The van der Waals surface area contributed by atoms with Crippen LogP contribution in [0.25, 0.3) is 0 Å². The number of benzene rings is 1. The predicted octanol–water partition coefficient (Wildman–Crippen LogP) is 1.29. The van der Waals surface area contributed by atoms with Crippen LogP contribution >= 0.6 is 0 Å². The van der Waals surface area contributed by atoms with Crippen molar-refractivity contribution in [2.24, 2.45) is 0 Å². The van der Waals surface area contributed by atoms with Gasteiger partial charge >= 0.3 is 6.09 Å². The van der Waals surface area contributed by atoms with E-state index >= 15 is 0 Å². The van der Waals surface area contributed by atoms with E-state index < -0.39 is 12.1 Å². The van der Waals surface area contributed by atoms with Crippen molar-refractivity contribution in [2.75, 3.05) is 25.9 Å². The molecule has 1 unspecified atom stereocenters. The number of hydrogen-bond acceptors (Lipinski definition) is 4. The Morgan fingerprint density at radius 2 is 2.05 bits per heavy atom. The average molecular weight is 277 g/mol. The third kappa shape index (κ3) is 3.20. The number of carbonyl (C=O) groups is 2. The highest BCUT2D eigenvalue weighted by Gasteiger charge is 2.29. The summed E-state index contributed by atoms with van der Waals surface area (Å²) in [5.41, 5.74) is 6.95. The SMILES string of the molecule is COC(=O)NC(C(=O)N1CCCC1)c1cccc(N)c1. The van der Waals surface area contributed by atoms with Crippen LogP contribution in [0, 0.1) is 0 Å². The van der Waals surface area contributed by atoms with Gasteiger partial charge in [-0.25, -0.2) is 4.79 Å². The molecule has 1 saturated heterocycles. The maximum Gasteiger partial charge on any atom is 0.407 e. The van der Waals surface area contributed by atoms with Gasteiger partial charge in [0.2, 0.25) is 5.91 Å². The summed E-state index contributed by atoms with van der Waals surface area (Å²) in [7, 11) is 1.27. The quantitative estimate of drug-likeness (QED) is 0.815. The number of methoxy groups -OCH3 is 1. The molecule has 108 valence electrons. The summed E-state index contributed by atoms with van der Waals surface area (Å²) in [6.07, 6.45) is 1.35. The van der Waals surface area contributed by atoms with Gasteiger partial charge in [-0.1, -0.05) is 12.1 Å². The van der Waals surface area contributed by atoms with Gasteiger partial charge in [-0.2, -0.15) is 0 Å². The summed E-state index contributed by atoms with van der Waals surface area (Å²) in [6, 6.07) is 6.19. The van der Waals surface area contributed by atoms with Crippen LogP contribution < -0.4 is 11.1 Å². The first kappa shape index (κ1) is 14.2. The van der Waals surface area contributed by atoms with E-state index in [9.17, 15) is 9.59 Å². The van der Waals surface area contributed by atoms with Crippen LogP contribution in [-0.2, 0) is 9.53 Å². The minimum absolute atomic E-state index is 0.126. The molecule has 20 heavy (non-hydrogen) atoms. The number of anilines is 1. The number of likely N-dealkylation sites (tertiary alicyclic amines) is 1. The van der Waals surface area contributed by atoms with Gasteiger partial charge < -0.3 is 20.7 Å². The first-order valence-electron chi connectivity index (χ1n) is 6.60. The Morgan fingerprint density at radius 3 is 2.65 bits per heavy atom. The van der Waals surface area contributed by atoms with Crippen molar-refractivity contribution in [3.05, 3.63) is 29.8 Å². The van der Waals surface area contributed by atoms with Crippen molar-refractivity contribution >= 4 is 17.7 Å². The summed E-state index contributed by atoms with van der Waals surface area (Å²) in [4.78, 5) is 25.7. The molecule has 3 N–H and O–H groups in total. The molecule has 6 nitrogen and oxygen atoms in total. The number of amides is 2. The van der Waals surface area contributed by atoms with Gasteiger partial charge in [0.05, 0.1) is 7.11 Å². The van der Waals surface area contributed by atoms with Crippen LogP contribution in [0.2, 0.25) is 0 Å². The topological polar surface area (TPSA) is 84.7 Å². The van der Waals surface area contributed by atoms with Crippen molar-refractivity contribution < 1.29 is 14.3 Å². The van der Waals surface area contributed by atoms with E-state index in [-0.39, 0.29) is 5.91 Å². The number of nitrogen functional groups attached to an aromatic ring is 1. The molecule has 0 aromatic heterocycles. The van der Waals surface area contributed by atoms with Crippen LogP contribution in [0.15, 0.2) is 24.3 Å². The zero-order chi connectivity index (χ0) is 14.5. The normalized spacial score (nSPS) is 15.8. The molecular formula is C14H19N3O3. The van der Waals surface area contributed by atoms with E-state index in [0.29, 0.717) is 11.3 Å². The van der Waals surface area contributed by atoms with Crippen LogP contribution in [0.1, 0.15) is 24.4 Å². The van der Waals surface area contributed by atoms with E-state index in [4.69, 9.17) is 5.73 Å². The standard InChI is InChI=1S/C14H19N3O3/c1-20-14(19)16-12(10-5-4-6-11(15)9-10)13(18)17-7-2-3-8-17/h4-6,9,12H,2-3,7-8,15H2,1H3,(H,16,19). The molecule has 6 heteroatoms. The monoisotopic (exact) mass is 277 g/mol. The molecule has 1 aliphatic heterocycles. The van der Waals surface area contributed by atoms with Crippen LogP contribution in [0.5, 0.6) is 0 Å². The molecular weight excluding hydrogens is 258 g/mol. The number of carbonyl (C=O) groups excluding carboxylic acids is 2. The molecule has 2 rings (SSSR count). The Morgan fingerprint density at radius 1 is 1.35 bits per heavy atom. The number of nitrogens with zero attached hydrogens (tertiary/aromatic N) is 1. The number of alkyl carbamates (subject to hydrolysis) is 1. The first-order chi connectivity index (χ1) is 9.61. The Hall–Kier alpha value is -2.24. The third-order valence-electron chi connectivity index (χ3n) is 3.36. The van der Waals surface area contributed by atoms with E-state index in [0.717, 1.165) is 25.9 Å². The fraction of sp³-hybridized carbons (Fsp3) is 0.429. The van der Waals surface area contributed by atoms with Gasteiger partial charge in [0.25, 0.3) is 0 Å². The molecule has 1 heterocycles. The molecule has 0 spiro atoms. The fourth-order valence-electron chi connectivity index (χ4n) is 2.32. The van der Waals surface area contributed by atoms with Crippen molar-refractivity contribution in [3.8, 4) is 0 Å². The van der Waals surface area contributed by atoms with E-state index in [1.807, 2.05) is 0 Å². The van der Waals surface area contributed by atoms with E-state index in [2.05, 4.69) is 10.1 Å². The molecule has 0 bridgehead atoms. The first-order valence-corrected chi connectivity index (χ1v) is 6.60. The smallest absolute Gasteiger partial charge is 0.407 e. The fourth-order valence-corrected chi connectivity index (χ4v) is 2.32. The highest BCUT2D eigenvalue weighted by Crippen LogP contribution is 2.21. The number of ether oxygens (including phenoxy) is 1. The van der Waals surface area contributed by atoms with Crippen molar-refractivity contribution in [1.29, 1.82) is 0 Å². The lowest BCUT2D eigenvalue weighted by Gasteiger charge is -2.24. The maximum absolute atomic E-state index is 12.5. The summed E-state index contributed by atoms with van der Waals surface area (Å²) in [5, 5.41) is 2.58. The van der Waals surface area contributed by atoms with E-state index in [1.165, 1.54) is 7.11 Å². The molecule has 1 fully saturated rings. The Kier molecular flexibility index (Phi) is 4.45.